The normalized spacial score (nSPS) is 10.8. The lowest BCUT2D eigenvalue weighted by Gasteiger charge is -2.07. The third-order valence-corrected chi connectivity index (χ3v) is 6.07. The van der Waals surface area contributed by atoms with Gasteiger partial charge in [0.15, 0.2) is 10.3 Å². The molecule has 0 unspecified atom stereocenters. The fourth-order valence-corrected chi connectivity index (χ4v) is 4.61. The van der Waals surface area contributed by atoms with E-state index in [2.05, 4.69) is 35.2 Å². The fraction of sp³-hybridized carbons (Fsp3) is 0.143. The van der Waals surface area contributed by atoms with Crippen LogP contribution in [0.15, 0.2) is 80.8 Å². The van der Waals surface area contributed by atoms with Crippen molar-refractivity contribution in [2.75, 3.05) is 11.9 Å². The summed E-state index contributed by atoms with van der Waals surface area (Å²) in [5.74, 6) is 1.07. The van der Waals surface area contributed by atoms with Crippen LogP contribution in [0.1, 0.15) is 12.2 Å². The number of halogens is 2. The van der Waals surface area contributed by atoms with E-state index in [-0.39, 0.29) is 10.6 Å². The molecule has 0 radical (unpaired) electrons. The van der Waals surface area contributed by atoms with Crippen LogP contribution in [0, 0.1) is 0 Å². The molecule has 7 nitrogen and oxygen atoms in total. The second-order valence-corrected chi connectivity index (χ2v) is 9.13. The molecule has 162 valence electrons. The second-order valence-electron chi connectivity index (χ2n) is 6.37. The van der Waals surface area contributed by atoms with Gasteiger partial charge in [-0.15, -0.1) is 0 Å². The van der Waals surface area contributed by atoms with Gasteiger partial charge in [-0.3, -0.25) is 0 Å². The number of hydrogen-bond donors (Lipinski definition) is 1. The molecule has 0 saturated heterocycles. The number of rotatable bonds is 9. The molecule has 2 heterocycles. The molecule has 1 N–H and O–H groups in total. The lowest BCUT2D eigenvalue weighted by molar-refractivity contribution is 0.747. The minimum atomic E-state index is 0.146. The maximum Gasteiger partial charge on any atom is 0.228 e. The minimum Gasteiger partial charge on any atom is -0.354 e. The van der Waals surface area contributed by atoms with Crippen LogP contribution in [0.25, 0.3) is 0 Å². The Balaban J connectivity index is 1.32. The summed E-state index contributed by atoms with van der Waals surface area (Å²) < 4.78 is 0. The van der Waals surface area contributed by atoms with E-state index >= 15 is 0 Å². The monoisotopic (exact) mass is 501 g/mol. The largest absolute Gasteiger partial charge is 0.354 e. The van der Waals surface area contributed by atoms with Gasteiger partial charge in [0.1, 0.15) is 5.82 Å². The van der Waals surface area contributed by atoms with Crippen molar-refractivity contribution in [1.29, 1.82) is 0 Å². The fourth-order valence-electron chi connectivity index (χ4n) is 2.62. The van der Waals surface area contributed by atoms with Crippen molar-refractivity contribution in [3.63, 3.8) is 0 Å². The number of aromatic nitrogens is 6. The zero-order chi connectivity index (χ0) is 22.2. The lowest BCUT2D eigenvalue weighted by Crippen LogP contribution is -2.09. The number of anilines is 1. The zero-order valence-corrected chi connectivity index (χ0v) is 19.8. The molecule has 32 heavy (non-hydrogen) atoms. The number of nitrogens with one attached hydrogen (secondary N) is 1. The number of hydrogen-bond acceptors (Lipinski definition) is 9. The van der Waals surface area contributed by atoms with E-state index < -0.39 is 0 Å². The van der Waals surface area contributed by atoms with Crippen LogP contribution in [-0.2, 0) is 6.42 Å². The second kappa shape index (κ2) is 11.4. The highest BCUT2D eigenvalue weighted by atomic mass is 35.5. The van der Waals surface area contributed by atoms with Gasteiger partial charge in [0.2, 0.25) is 16.5 Å². The smallest absolute Gasteiger partial charge is 0.228 e. The first-order chi connectivity index (χ1) is 15.6. The average molecular weight is 502 g/mol. The van der Waals surface area contributed by atoms with Crippen molar-refractivity contribution in [2.24, 2.45) is 0 Å². The zero-order valence-electron chi connectivity index (χ0n) is 16.7. The van der Waals surface area contributed by atoms with Crippen molar-refractivity contribution in [3.05, 3.63) is 77.1 Å². The van der Waals surface area contributed by atoms with Crippen LogP contribution in [0.2, 0.25) is 10.6 Å². The van der Waals surface area contributed by atoms with Crippen molar-refractivity contribution < 1.29 is 0 Å². The van der Waals surface area contributed by atoms with Crippen LogP contribution < -0.4 is 5.32 Å². The Labute approximate surface area is 203 Å². The molecule has 0 saturated carbocycles. The molecule has 0 fully saturated rings. The quantitative estimate of drug-likeness (QED) is 0.289. The standard InChI is InChI=1S/C21H17Cl2N7S2/c22-17-25-16(26-20(28-17)31-14-8-3-1-4-9-14)12-7-13-24-19-27-18(23)29-21(30-19)32-15-10-5-2-6-11-15/h1-6,8-11H,7,12-13H2,(H,24,27,29,30). The van der Waals surface area contributed by atoms with E-state index in [1.165, 1.54) is 23.5 Å². The summed E-state index contributed by atoms with van der Waals surface area (Å²) in [5, 5.41) is 4.62. The molecule has 0 amide bonds. The Morgan fingerprint density at radius 1 is 0.656 bits per heavy atom. The molecule has 2 aromatic carbocycles. The Kier molecular flexibility index (Phi) is 8.11. The van der Waals surface area contributed by atoms with Crippen molar-refractivity contribution in [2.45, 2.75) is 32.9 Å². The highest BCUT2D eigenvalue weighted by Crippen LogP contribution is 2.26. The lowest BCUT2D eigenvalue weighted by atomic mass is 10.3. The summed E-state index contributed by atoms with van der Waals surface area (Å²) >= 11 is 15.0. The van der Waals surface area contributed by atoms with Gasteiger partial charge in [0.25, 0.3) is 0 Å². The topological polar surface area (TPSA) is 89.4 Å². The molecule has 4 rings (SSSR count). The maximum absolute atomic E-state index is 6.09. The van der Waals surface area contributed by atoms with Gasteiger partial charge < -0.3 is 5.32 Å². The molecule has 4 aromatic rings. The number of nitrogens with zero attached hydrogens (tertiary/aromatic N) is 6. The van der Waals surface area contributed by atoms with Crippen LogP contribution in [-0.4, -0.2) is 36.4 Å². The van der Waals surface area contributed by atoms with Crippen LogP contribution in [0.5, 0.6) is 0 Å². The Morgan fingerprint density at radius 3 is 1.84 bits per heavy atom. The van der Waals surface area contributed by atoms with Gasteiger partial charge in [-0.1, -0.05) is 36.4 Å². The van der Waals surface area contributed by atoms with Gasteiger partial charge >= 0.3 is 0 Å². The van der Waals surface area contributed by atoms with E-state index in [4.69, 9.17) is 23.2 Å². The molecule has 0 aliphatic heterocycles. The summed E-state index contributed by atoms with van der Waals surface area (Å²) in [7, 11) is 0. The third-order valence-electron chi connectivity index (χ3n) is 3.99. The maximum atomic E-state index is 6.09. The van der Waals surface area contributed by atoms with Gasteiger partial charge in [-0.05, 0) is 77.4 Å². The Hall–Kier alpha value is -2.46. The summed E-state index contributed by atoms with van der Waals surface area (Å²) in [6.07, 6.45) is 1.38. The van der Waals surface area contributed by atoms with Gasteiger partial charge in [0, 0.05) is 22.8 Å². The summed E-state index contributed by atoms with van der Waals surface area (Å²) in [5.41, 5.74) is 0. The first kappa shape index (κ1) is 22.7. The predicted octanol–water partition coefficient (Wildman–Crippen LogP) is 5.71. The van der Waals surface area contributed by atoms with Gasteiger partial charge in [-0.25, -0.2) is 9.97 Å². The molecule has 2 aromatic heterocycles. The van der Waals surface area contributed by atoms with E-state index in [1.54, 1.807) is 0 Å². The molecule has 0 atom stereocenters. The number of benzene rings is 2. The third kappa shape index (κ3) is 7.03. The van der Waals surface area contributed by atoms with Crippen LogP contribution >= 0.6 is 46.7 Å². The van der Waals surface area contributed by atoms with E-state index in [9.17, 15) is 0 Å². The highest BCUT2D eigenvalue weighted by Gasteiger charge is 2.09. The molecule has 0 bridgehead atoms. The molecule has 11 heteroatoms. The Morgan fingerprint density at radius 2 is 1.22 bits per heavy atom. The summed E-state index contributed by atoms with van der Waals surface area (Å²) in [6, 6.07) is 19.7. The van der Waals surface area contributed by atoms with Crippen LogP contribution in [0.3, 0.4) is 0 Å². The van der Waals surface area contributed by atoms with Crippen LogP contribution in [0.4, 0.5) is 5.95 Å². The van der Waals surface area contributed by atoms with E-state index in [1.807, 2.05) is 60.7 Å². The first-order valence-corrected chi connectivity index (χ1v) is 12.0. The molecular formula is C21H17Cl2N7S2. The number of aryl methyl sites for hydroxylation is 1. The Bertz CT molecular complexity index is 1070. The van der Waals surface area contributed by atoms with Crippen molar-refractivity contribution in [3.8, 4) is 0 Å². The molecular weight excluding hydrogens is 485 g/mol. The molecule has 0 aliphatic carbocycles. The predicted molar refractivity (Wildman–Crippen MR) is 128 cm³/mol. The average Bonchev–Trinajstić information content (AvgIpc) is 2.77. The SMILES string of the molecule is Clc1nc(CCCNc2nc(Cl)nc(Sc3ccccc3)n2)nc(Sc2ccccc2)n1. The first-order valence-electron chi connectivity index (χ1n) is 9.66. The molecule has 0 aliphatic rings. The minimum absolute atomic E-state index is 0.146. The summed E-state index contributed by atoms with van der Waals surface area (Å²) in [6.45, 7) is 0.611. The van der Waals surface area contributed by atoms with Crippen molar-refractivity contribution >= 4 is 52.7 Å². The highest BCUT2D eigenvalue weighted by molar-refractivity contribution is 7.99. The van der Waals surface area contributed by atoms with Crippen molar-refractivity contribution in [1.82, 2.24) is 29.9 Å². The van der Waals surface area contributed by atoms with E-state index in [0.717, 1.165) is 16.2 Å². The van der Waals surface area contributed by atoms with E-state index in [0.29, 0.717) is 35.1 Å². The molecule has 0 spiro atoms. The van der Waals surface area contributed by atoms with Gasteiger partial charge in [0.05, 0.1) is 0 Å². The summed E-state index contributed by atoms with van der Waals surface area (Å²) in [4.78, 5) is 27.8. The van der Waals surface area contributed by atoms with Gasteiger partial charge in [-0.2, -0.15) is 19.9 Å².